The van der Waals surface area contributed by atoms with Crippen molar-refractivity contribution in [2.45, 2.75) is 9.92 Å². The second kappa shape index (κ2) is 4.28. The van der Waals surface area contributed by atoms with Crippen molar-refractivity contribution in [1.82, 2.24) is 4.98 Å². The average Bonchev–Trinajstić information content (AvgIpc) is 2.81. The van der Waals surface area contributed by atoms with E-state index >= 15 is 0 Å². The molecule has 1 atom stereocenters. The first-order chi connectivity index (χ1) is 7.68. The van der Waals surface area contributed by atoms with Crippen molar-refractivity contribution >= 4 is 16.5 Å². The Kier molecular flexibility index (Phi) is 2.82. The molecule has 0 amide bonds. The smallest absolute Gasteiger partial charge is 0.269 e. The number of hydrogen-bond donors (Lipinski definition) is 1. The zero-order valence-electron chi connectivity index (χ0n) is 8.12. The van der Waals surface area contributed by atoms with Crippen molar-refractivity contribution in [3.8, 4) is 0 Å². The second-order valence-corrected chi connectivity index (χ2v) is 4.50. The highest BCUT2D eigenvalue weighted by Crippen LogP contribution is 2.18. The summed E-state index contributed by atoms with van der Waals surface area (Å²) in [4.78, 5) is 13.3. The fourth-order valence-corrected chi connectivity index (χ4v) is 2.26. The van der Waals surface area contributed by atoms with Gasteiger partial charge in [-0.15, -0.1) is 0 Å². The number of rotatable bonds is 3. The molecular formula is C10H8N2O3S. The summed E-state index contributed by atoms with van der Waals surface area (Å²) in [6.45, 7) is 0. The Hall–Kier alpha value is -1.95. The largest absolute Gasteiger partial charge is 0.354 e. The molecule has 1 unspecified atom stereocenters. The normalized spacial score (nSPS) is 12.2. The summed E-state index contributed by atoms with van der Waals surface area (Å²) in [6.07, 6.45) is 1.68. The standard InChI is InChI=1S/C10H8N2O3S/c13-12(14)8-3-5-9(6-4-8)16(15)10-2-1-7-11-10/h1-7,11H. The first-order valence-corrected chi connectivity index (χ1v) is 5.63. The molecule has 2 rings (SSSR count). The molecule has 0 bridgehead atoms. The molecule has 2 aromatic rings. The van der Waals surface area contributed by atoms with Crippen LogP contribution >= 0.6 is 0 Å². The number of aromatic amines is 1. The maximum atomic E-state index is 11.9. The van der Waals surface area contributed by atoms with Gasteiger partial charge in [-0.25, -0.2) is 4.21 Å². The molecule has 0 aliphatic carbocycles. The second-order valence-electron chi connectivity index (χ2n) is 3.05. The molecular weight excluding hydrogens is 228 g/mol. The van der Waals surface area contributed by atoms with Crippen LogP contribution in [0, 0.1) is 10.1 Å². The van der Waals surface area contributed by atoms with E-state index in [1.165, 1.54) is 24.3 Å². The summed E-state index contributed by atoms with van der Waals surface area (Å²) in [5.41, 5.74) is -0.00719. The van der Waals surface area contributed by atoms with E-state index in [1.54, 1.807) is 18.3 Å². The summed E-state index contributed by atoms with van der Waals surface area (Å²) in [5, 5.41) is 11.0. The number of non-ortho nitro benzene ring substituents is 1. The number of nitrogens with zero attached hydrogens (tertiary/aromatic N) is 1. The van der Waals surface area contributed by atoms with Crippen LogP contribution in [-0.2, 0) is 10.8 Å². The van der Waals surface area contributed by atoms with Gasteiger partial charge in [-0.05, 0) is 24.3 Å². The van der Waals surface area contributed by atoms with Gasteiger partial charge in [0.2, 0.25) is 0 Å². The molecule has 5 nitrogen and oxygen atoms in total. The first-order valence-electron chi connectivity index (χ1n) is 4.48. The summed E-state index contributed by atoms with van der Waals surface area (Å²) in [5.74, 6) is 0. The van der Waals surface area contributed by atoms with Gasteiger partial charge in [-0.1, -0.05) is 0 Å². The molecule has 16 heavy (non-hydrogen) atoms. The number of nitrogens with one attached hydrogen (secondary N) is 1. The molecule has 1 aromatic heterocycles. The summed E-state index contributed by atoms with van der Waals surface area (Å²) >= 11 is 0. The Morgan fingerprint density at radius 1 is 1.19 bits per heavy atom. The monoisotopic (exact) mass is 236 g/mol. The van der Waals surface area contributed by atoms with E-state index < -0.39 is 15.7 Å². The minimum Gasteiger partial charge on any atom is -0.354 e. The van der Waals surface area contributed by atoms with Crippen LogP contribution in [0.1, 0.15) is 0 Å². The van der Waals surface area contributed by atoms with Crippen LogP contribution in [0.4, 0.5) is 5.69 Å². The van der Waals surface area contributed by atoms with Crippen molar-refractivity contribution in [3.05, 3.63) is 52.7 Å². The Labute approximate surface area is 93.7 Å². The van der Waals surface area contributed by atoms with Gasteiger partial charge in [0.25, 0.3) is 5.69 Å². The predicted octanol–water partition coefficient (Wildman–Crippen LogP) is 2.09. The van der Waals surface area contributed by atoms with Crippen LogP contribution < -0.4 is 0 Å². The molecule has 0 aliphatic rings. The number of aromatic nitrogens is 1. The molecule has 0 radical (unpaired) electrons. The fraction of sp³-hybridized carbons (Fsp3) is 0. The number of hydrogen-bond acceptors (Lipinski definition) is 3. The minimum absolute atomic E-state index is 0.00719. The molecule has 0 fully saturated rings. The minimum atomic E-state index is -1.32. The molecule has 6 heteroatoms. The van der Waals surface area contributed by atoms with Crippen molar-refractivity contribution in [3.63, 3.8) is 0 Å². The highest BCUT2D eigenvalue weighted by molar-refractivity contribution is 7.85. The van der Waals surface area contributed by atoms with Gasteiger partial charge >= 0.3 is 0 Å². The van der Waals surface area contributed by atoms with Crippen molar-refractivity contribution in [2.75, 3.05) is 0 Å². The molecule has 1 N–H and O–H groups in total. The highest BCUT2D eigenvalue weighted by Gasteiger charge is 2.10. The van der Waals surface area contributed by atoms with Gasteiger partial charge in [0.15, 0.2) is 0 Å². The van der Waals surface area contributed by atoms with E-state index in [0.717, 1.165) is 0 Å². The third kappa shape index (κ3) is 2.01. The SMILES string of the molecule is O=[N+]([O-])c1ccc(S(=O)c2ccc[nH]2)cc1. The van der Waals surface area contributed by atoms with Gasteiger partial charge < -0.3 is 4.98 Å². The molecule has 1 heterocycles. The van der Waals surface area contributed by atoms with Gasteiger partial charge in [-0.3, -0.25) is 10.1 Å². The zero-order valence-corrected chi connectivity index (χ0v) is 8.94. The lowest BCUT2D eigenvalue weighted by Crippen LogP contribution is -1.94. The van der Waals surface area contributed by atoms with Gasteiger partial charge in [0.1, 0.15) is 15.8 Å². The van der Waals surface area contributed by atoms with E-state index in [0.29, 0.717) is 9.92 Å². The van der Waals surface area contributed by atoms with Crippen LogP contribution in [0.15, 0.2) is 52.5 Å². The number of nitro benzene ring substituents is 1. The molecule has 0 saturated heterocycles. The number of benzene rings is 1. The zero-order chi connectivity index (χ0) is 11.5. The summed E-state index contributed by atoms with van der Waals surface area (Å²) < 4.78 is 11.9. The predicted molar refractivity (Wildman–Crippen MR) is 58.6 cm³/mol. The van der Waals surface area contributed by atoms with Crippen LogP contribution in [0.5, 0.6) is 0 Å². The average molecular weight is 236 g/mol. The third-order valence-corrected chi connectivity index (χ3v) is 3.38. The lowest BCUT2D eigenvalue weighted by Gasteiger charge is -1.98. The van der Waals surface area contributed by atoms with E-state index in [-0.39, 0.29) is 5.69 Å². The van der Waals surface area contributed by atoms with Crippen LogP contribution in [0.3, 0.4) is 0 Å². The Balaban J connectivity index is 2.29. The summed E-state index contributed by atoms with van der Waals surface area (Å²) in [6, 6.07) is 9.13. The molecule has 82 valence electrons. The highest BCUT2D eigenvalue weighted by atomic mass is 32.2. The van der Waals surface area contributed by atoms with Gasteiger partial charge in [0, 0.05) is 23.2 Å². The fourth-order valence-electron chi connectivity index (χ4n) is 1.25. The lowest BCUT2D eigenvalue weighted by molar-refractivity contribution is -0.384. The number of H-pyrrole nitrogens is 1. The van der Waals surface area contributed by atoms with E-state index in [1.807, 2.05) is 0 Å². The molecule has 0 spiro atoms. The third-order valence-electron chi connectivity index (χ3n) is 2.03. The lowest BCUT2D eigenvalue weighted by atomic mass is 10.3. The molecule has 0 aliphatic heterocycles. The van der Waals surface area contributed by atoms with E-state index in [4.69, 9.17) is 0 Å². The van der Waals surface area contributed by atoms with Crippen molar-refractivity contribution < 1.29 is 9.13 Å². The summed E-state index contributed by atoms with van der Waals surface area (Å²) in [7, 11) is -1.32. The van der Waals surface area contributed by atoms with Crippen molar-refractivity contribution in [2.24, 2.45) is 0 Å². The van der Waals surface area contributed by atoms with Crippen LogP contribution in [-0.4, -0.2) is 14.1 Å². The van der Waals surface area contributed by atoms with E-state index in [9.17, 15) is 14.3 Å². The Morgan fingerprint density at radius 2 is 1.88 bits per heavy atom. The Morgan fingerprint density at radius 3 is 2.38 bits per heavy atom. The van der Waals surface area contributed by atoms with Gasteiger partial charge in [0.05, 0.1) is 4.92 Å². The molecule has 0 saturated carbocycles. The molecule has 1 aromatic carbocycles. The maximum absolute atomic E-state index is 11.9. The maximum Gasteiger partial charge on any atom is 0.269 e. The Bertz CT molecular complexity index is 520. The topological polar surface area (TPSA) is 76.0 Å². The quantitative estimate of drug-likeness (QED) is 0.654. The van der Waals surface area contributed by atoms with Crippen LogP contribution in [0.2, 0.25) is 0 Å². The van der Waals surface area contributed by atoms with Gasteiger partial charge in [-0.2, -0.15) is 0 Å². The van der Waals surface area contributed by atoms with Crippen molar-refractivity contribution in [1.29, 1.82) is 0 Å². The first kappa shape index (κ1) is 10.6. The van der Waals surface area contributed by atoms with E-state index in [2.05, 4.69) is 4.98 Å². The number of nitro groups is 1. The van der Waals surface area contributed by atoms with Crippen LogP contribution in [0.25, 0.3) is 0 Å².